The van der Waals surface area contributed by atoms with Gasteiger partial charge in [0, 0.05) is 5.69 Å². The van der Waals surface area contributed by atoms with E-state index >= 15 is 0 Å². The van der Waals surface area contributed by atoms with E-state index in [0.29, 0.717) is 11.4 Å². The minimum atomic E-state index is -1.01. The van der Waals surface area contributed by atoms with Gasteiger partial charge in [0.15, 0.2) is 12.7 Å². The number of carbonyl (C=O) groups excluding carboxylic acids is 3. The zero-order valence-corrected chi connectivity index (χ0v) is 16.8. The van der Waals surface area contributed by atoms with Crippen LogP contribution < -0.4 is 15.4 Å². The second-order valence-corrected chi connectivity index (χ2v) is 6.51. The molecule has 0 fully saturated rings. The lowest BCUT2D eigenvalue weighted by atomic mass is 10.1. The summed E-state index contributed by atoms with van der Waals surface area (Å²) in [5.41, 5.74) is 1.78. The first kappa shape index (κ1) is 21.9. The van der Waals surface area contributed by atoms with Crippen molar-refractivity contribution in [1.29, 1.82) is 0 Å². The quantitative estimate of drug-likeness (QED) is 0.634. The van der Waals surface area contributed by atoms with Crippen LogP contribution in [-0.4, -0.2) is 36.5 Å². The number of anilines is 1. The summed E-state index contributed by atoms with van der Waals surface area (Å²) in [6.45, 7) is 4.77. The molecule has 0 saturated heterocycles. The Balaban J connectivity index is 1.76. The van der Waals surface area contributed by atoms with E-state index in [0.717, 1.165) is 12.0 Å². The Bertz CT molecular complexity index is 821. The maximum absolute atomic E-state index is 12.2. The minimum Gasteiger partial charge on any atom is -0.484 e. The number of esters is 1. The molecule has 0 spiro atoms. The van der Waals surface area contributed by atoms with E-state index in [9.17, 15) is 14.4 Å². The molecule has 2 N–H and O–H groups in total. The summed E-state index contributed by atoms with van der Waals surface area (Å²) in [4.78, 5) is 36.3. The van der Waals surface area contributed by atoms with Gasteiger partial charge < -0.3 is 20.1 Å². The predicted molar refractivity (Wildman–Crippen MR) is 110 cm³/mol. The van der Waals surface area contributed by atoms with Gasteiger partial charge in [0.25, 0.3) is 11.8 Å². The largest absolute Gasteiger partial charge is 0.484 e. The van der Waals surface area contributed by atoms with Crippen LogP contribution in [-0.2, 0) is 25.5 Å². The molecular formula is C22H26N2O5. The number of carbonyl (C=O) groups is 3. The molecule has 7 nitrogen and oxygen atoms in total. The smallest absolute Gasteiger partial charge is 0.329 e. The van der Waals surface area contributed by atoms with E-state index < -0.39 is 29.9 Å². The number of nitrogens with one attached hydrogen (secondary N) is 2. The number of amides is 2. The molecule has 2 rings (SSSR count). The molecule has 2 amide bonds. The van der Waals surface area contributed by atoms with Crippen LogP contribution in [0.3, 0.4) is 0 Å². The Morgan fingerprint density at radius 2 is 1.62 bits per heavy atom. The van der Waals surface area contributed by atoms with Gasteiger partial charge in [-0.3, -0.25) is 9.59 Å². The van der Waals surface area contributed by atoms with Crippen molar-refractivity contribution in [2.24, 2.45) is 0 Å². The molecule has 0 aliphatic heterocycles. The van der Waals surface area contributed by atoms with Gasteiger partial charge in [0.05, 0.1) is 0 Å². The van der Waals surface area contributed by atoms with E-state index in [1.54, 1.807) is 36.4 Å². The number of benzene rings is 2. The number of rotatable bonds is 9. The number of hydrogen-bond acceptors (Lipinski definition) is 5. The van der Waals surface area contributed by atoms with Crippen molar-refractivity contribution >= 4 is 23.5 Å². The Kier molecular flexibility index (Phi) is 8.21. The molecule has 2 aromatic carbocycles. The number of aryl methyl sites for hydroxylation is 1. The monoisotopic (exact) mass is 398 g/mol. The lowest BCUT2D eigenvalue weighted by Crippen LogP contribution is -2.44. The summed E-state index contributed by atoms with van der Waals surface area (Å²) >= 11 is 0. The first-order valence-corrected chi connectivity index (χ1v) is 9.46. The summed E-state index contributed by atoms with van der Waals surface area (Å²) in [7, 11) is 0. The third-order valence-corrected chi connectivity index (χ3v) is 4.14. The second-order valence-electron chi connectivity index (χ2n) is 6.51. The fourth-order valence-corrected chi connectivity index (χ4v) is 2.41. The van der Waals surface area contributed by atoms with E-state index in [1.165, 1.54) is 13.8 Å². The maximum Gasteiger partial charge on any atom is 0.329 e. The predicted octanol–water partition coefficient (Wildman–Crippen LogP) is 2.70. The zero-order valence-electron chi connectivity index (χ0n) is 16.8. The first-order valence-electron chi connectivity index (χ1n) is 9.46. The van der Waals surface area contributed by atoms with Gasteiger partial charge in [0.2, 0.25) is 0 Å². The highest BCUT2D eigenvalue weighted by atomic mass is 16.5. The van der Waals surface area contributed by atoms with Crippen LogP contribution in [0.15, 0.2) is 54.6 Å². The Hall–Kier alpha value is -3.35. The molecule has 0 heterocycles. The highest BCUT2D eigenvalue weighted by Crippen LogP contribution is 2.11. The summed E-state index contributed by atoms with van der Waals surface area (Å²) in [6, 6.07) is 15.4. The van der Waals surface area contributed by atoms with Gasteiger partial charge in [-0.15, -0.1) is 0 Å². The highest BCUT2D eigenvalue weighted by Gasteiger charge is 2.23. The molecule has 29 heavy (non-hydrogen) atoms. The SMILES string of the molecule is CCc1ccc(NC(=O)[C@@H](C)OC(=O)[C@H](C)NC(=O)COc2ccccc2)cc1. The standard InChI is InChI=1S/C22H26N2O5/c1-4-17-10-12-18(13-11-17)24-21(26)16(3)29-22(27)15(2)23-20(25)14-28-19-8-6-5-7-9-19/h5-13,15-16H,4,14H2,1-3H3,(H,23,25)(H,24,26)/t15-,16+/m0/s1. The molecule has 0 aliphatic carbocycles. The minimum absolute atomic E-state index is 0.231. The van der Waals surface area contributed by atoms with Crippen molar-refractivity contribution in [2.45, 2.75) is 39.3 Å². The van der Waals surface area contributed by atoms with Crippen LogP contribution in [0.1, 0.15) is 26.3 Å². The zero-order chi connectivity index (χ0) is 21.2. The Morgan fingerprint density at radius 3 is 2.24 bits per heavy atom. The van der Waals surface area contributed by atoms with E-state index in [2.05, 4.69) is 10.6 Å². The lowest BCUT2D eigenvalue weighted by molar-refractivity contribution is -0.155. The van der Waals surface area contributed by atoms with Gasteiger partial charge in [-0.05, 0) is 50.1 Å². The van der Waals surface area contributed by atoms with Crippen molar-refractivity contribution in [3.8, 4) is 5.75 Å². The average Bonchev–Trinajstić information content (AvgIpc) is 2.73. The molecule has 154 valence electrons. The molecule has 2 aromatic rings. The molecule has 2 atom stereocenters. The molecule has 0 aliphatic rings. The lowest BCUT2D eigenvalue weighted by Gasteiger charge is -2.18. The molecule has 0 radical (unpaired) electrons. The van der Waals surface area contributed by atoms with E-state index in [4.69, 9.17) is 9.47 Å². The fourth-order valence-electron chi connectivity index (χ4n) is 2.41. The maximum atomic E-state index is 12.2. The molecule has 0 saturated carbocycles. The molecule has 7 heteroatoms. The third-order valence-electron chi connectivity index (χ3n) is 4.14. The number of para-hydroxylation sites is 1. The Morgan fingerprint density at radius 1 is 0.966 bits per heavy atom. The topological polar surface area (TPSA) is 93.7 Å². The van der Waals surface area contributed by atoms with Crippen molar-refractivity contribution in [2.75, 3.05) is 11.9 Å². The first-order chi connectivity index (χ1) is 13.9. The molecule has 0 bridgehead atoms. The van der Waals surface area contributed by atoms with Gasteiger partial charge in [-0.1, -0.05) is 37.3 Å². The normalized spacial score (nSPS) is 12.4. The molecule has 0 unspecified atom stereocenters. The fraction of sp³-hybridized carbons (Fsp3) is 0.318. The summed E-state index contributed by atoms with van der Waals surface area (Å²) in [6.07, 6.45) is -0.101. The van der Waals surface area contributed by atoms with Crippen molar-refractivity contribution in [3.05, 3.63) is 60.2 Å². The van der Waals surface area contributed by atoms with Crippen molar-refractivity contribution in [3.63, 3.8) is 0 Å². The van der Waals surface area contributed by atoms with Crippen LogP contribution in [0.2, 0.25) is 0 Å². The van der Waals surface area contributed by atoms with E-state index in [1.807, 2.05) is 25.1 Å². The van der Waals surface area contributed by atoms with E-state index in [-0.39, 0.29) is 6.61 Å². The molecule has 0 aromatic heterocycles. The summed E-state index contributed by atoms with van der Waals surface area (Å²) in [5.74, 6) is -1.07. The van der Waals surface area contributed by atoms with Crippen LogP contribution in [0.5, 0.6) is 5.75 Å². The number of ether oxygens (including phenoxy) is 2. The van der Waals surface area contributed by atoms with Crippen molar-refractivity contribution in [1.82, 2.24) is 5.32 Å². The number of hydrogen-bond donors (Lipinski definition) is 2. The highest BCUT2D eigenvalue weighted by molar-refractivity contribution is 5.95. The summed E-state index contributed by atoms with van der Waals surface area (Å²) < 4.78 is 10.5. The molecular weight excluding hydrogens is 372 g/mol. The van der Waals surface area contributed by atoms with Crippen molar-refractivity contribution < 1.29 is 23.9 Å². The Labute approximate surface area is 170 Å². The second kappa shape index (κ2) is 10.8. The van der Waals surface area contributed by atoms with Crippen LogP contribution >= 0.6 is 0 Å². The van der Waals surface area contributed by atoms with Gasteiger partial charge in [-0.2, -0.15) is 0 Å². The van der Waals surface area contributed by atoms with Crippen LogP contribution in [0, 0.1) is 0 Å². The average molecular weight is 398 g/mol. The van der Waals surface area contributed by atoms with Crippen LogP contribution in [0.4, 0.5) is 5.69 Å². The third kappa shape index (κ3) is 7.29. The summed E-state index contributed by atoms with van der Waals surface area (Å²) in [5, 5.41) is 5.18. The van der Waals surface area contributed by atoms with Gasteiger partial charge in [-0.25, -0.2) is 4.79 Å². The van der Waals surface area contributed by atoms with Gasteiger partial charge >= 0.3 is 5.97 Å². The van der Waals surface area contributed by atoms with Gasteiger partial charge in [0.1, 0.15) is 11.8 Å². The van der Waals surface area contributed by atoms with Crippen LogP contribution in [0.25, 0.3) is 0 Å².